The standard InChI is InChI=1S/C10H9F3/c1-2-8-4-3-5-9(7-6-8)10(11,12)13/h6-7H,2,5H2,1H3. The number of hydrogen-bond acceptors (Lipinski definition) is 0. The highest BCUT2D eigenvalue weighted by atomic mass is 19.4. The minimum absolute atomic E-state index is 0.205. The van der Waals surface area contributed by atoms with Gasteiger partial charge in [0.05, 0.1) is 0 Å². The van der Waals surface area contributed by atoms with Crippen LogP contribution in [0.1, 0.15) is 19.8 Å². The lowest BCUT2D eigenvalue weighted by molar-refractivity contribution is -0.0926. The topological polar surface area (TPSA) is 0 Å². The maximum Gasteiger partial charge on any atom is 0.413 e. The van der Waals surface area contributed by atoms with Crippen molar-refractivity contribution < 1.29 is 13.2 Å². The van der Waals surface area contributed by atoms with Crippen LogP contribution in [0.3, 0.4) is 0 Å². The van der Waals surface area contributed by atoms with Gasteiger partial charge in [0, 0.05) is 17.6 Å². The predicted octanol–water partition coefficient (Wildman–Crippen LogP) is 3.22. The molecule has 1 aliphatic rings. The van der Waals surface area contributed by atoms with Crippen LogP contribution in [0.15, 0.2) is 23.3 Å². The van der Waals surface area contributed by atoms with Crippen molar-refractivity contribution in [3.8, 4) is 11.8 Å². The summed E-state index contributed by atoms with van der Waals surface area (Å²) in [6, 6.07) is 0. The van der Waals surface area contributed by atoms with E-state index in [0.717, 1.165) is 11.6 Å². The van der Waals surface area contributed by atoms with Crippen LogP contribution in [0.2, 0.25) is 0 Å². The molecule has 0 aromatic rings. The smallest absolute Gasteiger partial charge is 0.166 e. The summed E-state index contributed by atoms with van der Waals surface area (Å²) < 4.78 is 36.6. The maximum absolute atomic E-state index is 12.2. The van der Waals surface area contributed by atoms with Gasteiger partial charge >= 0.3 is 6.18 Å². The van der Waals surface area contributed by atoms with Gasteiger partial charge < -0.3 is 0 Å². The molecule has 0 atom stereocenters. The Morgan fingerprint density at radius 3 is 2.62 bits per heavy atom. The Morgan fingerprint density at radius 2 is 2.08 bits per heavy atom. The van der Waals surface area contributed by atoms with Crippen molar-refractivity contribution in [2.24, 2.45) is 0 Å². The molecule has 0 aliphatic heterocycles. The van der Waals surface area contributed by atoms with Crippen LogP contribution in [-0.2, 0) is 0 Å². The average molecular weight is 186 g/mol. The van der Waals surface area contributed by atoms with E-state index in [1.807, 2.05) is 6.92 Å². The molecule has 0 aromatic carbocycles. The summed E-state index contributed by atoms with van der Waals surface area (Å²) in [4.78, 5) is 0. The van der Waals surface area contributed by atoms with Crippen molar-refractivity contribution in [1.29, 1.82) is 0 Å². The Labute approximate surface area is 75.1 Å². The molecule has 3 heteroatoms. The van der Waals surface area contributed by atoms with Crippen LogP contribution >= 0.6 is 0 Å². The van der Waals surface area contributed by atoms with E-state index in [4.69, 9.17) is 0 Å². The molecule has 0 aromatic heterocycles. The first-order valence-corrected chi connectivity index (χ1v) is 4.00. The molecule has 1 rings (SSSR count). The summed E-state index contributed by atoms with van der Waals surface area (Å²) >= 11 is 0. The Bertz CT molecular complexity index is 307. The summed E-state index contributed by atoms with van der Waals surface area (Å²) in [5.41, 5.74) is 0.183. The lowest BCUT2D eigenvalue weighted by atomic mass is 10.2. The van der Waals surface area contributed by atoms with Gasteiger partial charge in [-0.05, 0) is 6.42 Å². The number of halogens is 3. The molecule has 0 saturated heterocycles. The Kier molecular flexibility index (Phi) is 2.82. The van der Waals surface area contributed by atoms with Crippen LogP contribution < -0.4 is 0 Å². The van der Waals surface area contributed by atoms with Gasteiger partial charge in [0.2, 0.25) is 0 Å². The molecule has 0 radical (unpaired) electrons. The van der Waals surface area contributed by atoms with Crippen molar-refractivity contribution >= 4 is 0 Å². The first kappa shape index (κ1) is 9.91. The fourth-order valence-electron chi connectivity index (χ4n) is 0.956. The molecule has 0 spiro atoms. The van der Waals surface area contributed by atoms with E-state index in [0.29, 0.717) is 6.42 Å². The van der Waals surface area contributed by atoms with Gasteiger partial charge in [-0.15, -0.1) is 0 Å². The van der Waals surface area contributed by atoms with E-state index in [-0.39, 0.29) is 6.42 Å². The molecular weight excluding hydrogens is 177 g/mol. The van der Waals surface area contributed by atoms with E-state index in [1.54, 1.807) is 0 Å². The van der Waals surface area contributed by atoms with Crippen molar-refractivity contribution in [2.45, 2.75) is 25.9 Å². The molecule has 0 heterocycles. The van der Waals surface area contributed by atoms with E-state index in [1.165, 1.54) is 6.08 Å². The van der Waals surface area contributed by atoms with E-state index in [2.05, 4.69) is 11.8 Å². The largest absolute Gasteiger partial charge is 0.413 e. The molecule has 0 N–H and O–H groups in total. The number of allylic oxidation sites excluding steroid dienone is 4. The first-order chi connectivity index (χ1) is 6.04. The zero-order chi connectivity index (χ0) is 9.90. The van der Waals surface area contributed by atoms with Gasteiger partial charge in [0.25, 0.3) is 0 Å². The monoisotopic (exact) mass is 186 g/mol. The van der Waals surface area contributed by atoms with E-state index >= 15 is 0 Å². The second-order valence-corrected chi connectivity index (χ2v) is 2.71. The number of alkyl halides is 3. The third-order valence-corrected chi connectivity index (χ3v) is 1.76. The van der Waals surface area contributed by atoms with Crippen LogP contribution in [-0.4, -0.2) is 6.18 Å². The van der Waals surface area contributed by atoms with Gasteiger partial charge in [-0.25, -0.2) is 0 Å². The quantitative estimate of drug-likeness (QED) is 0.551. The summed E-state index contributed by atoms with van der Waals surface area (Å²) in [7, 11) is 0. The zero-order valence-corrected chi connectivity index (χ0v) is 7.20. The summed E-state index contributed by atoms with van der Waals surface area (Å²) in [5, 5.41) is 0. The average Bonchev–Trinajstić information content (AvgIpc) is 2.26. The van der Waals surface area contributed by atoms with E-state index < -0.39 is 11.7 Å². The fraction of sp³-hybridized carbons (Fsp3) is 0.400. The number of hydrogen-bond donors (Lipinski definition) is 0. The minimum atomic E-state index is -4.24. The predicted molar refractivity (Wildman–Crippen MR) is 44.9 cm³/mol. The highest BCUT2D eigenvalue weighted by molar-refractivity contribution is 5.38. The van der Waals surface area contributed by atoms with Gasteiger partial charge in [-0.2, -0.15) is 13.2 Å². The zero-order valence-electron chi connectivity index (χ0n) is 7.20. The highest BCUT2D eigenvalue weighted by Gasteiger charge is 2.32. The third kappa shape index (κ3) is 2.66. The second-order valence-electron chi connectivity index (χ2n) is 2.71. The molecular formula is C10H9F3. The SMILES string of the molecule is CCC1=CC=C(C(F)(F)F)CC#C1. The van der Waals surface area contributed by atoms with Crippen LogP contribution in [0.25, 0.3) is 0 Å². The summed E-state index contributed by atoms with van der Waals surface area (Å²) in [6.45, 7) is 1.87. The fourth-order valence-corrected chi connectivity index (χ4v) is 0.956. The Hall–Kier alpha value is -1.17. The molecule has 1 aliphatic carbocycles. The van der Waals surface area contributed by atoms with Gasteiger partial charge in [0.1, 0.15) is 0 Å². The van der Waals surface area contributed by atoms with Crippen molar-refractivity contribution in [3.63, 3.8) is 0 Å². The lowest BCUT2D eigenvalue weighted by Crippen LogP contribution is -2.10. The Morgan fingerprint density at radius 1 is 1.38 bits per heavy atom. The molecule has 0 bridgehead atoms. The van der Waals surface area contributed by atoms with Crippen LogP contribution in [0.4, 0.5) is 13.2 Å². The molecule has 0 amide bonds. The van der Waals surface area contributed by atoms with Crippen LogP contribution in [0.5, 0.6) is 0 Å². The molecule has 0 saturated carbocycles. The van der Waals surface area contributed by atoms with E-state index in [9.17, 15) is 13.2 Å². The van der Waals surface area contributed by atoms with Gasteiger partial charge in [0.15, 0.2) is 0 Å². The normalized spacial score (nSPS) is 16.6. The minimum Gasteiger partial charge on any atom is -0.166 e. The van der Waals surface area contributed by atoms with Crippen molar-refractivity contribution in [1.82, 2.24) is 0 Å². The second kappa shape index (κ2) is 3.69. The summed E-state index contributed by atoms with van der Waals surface area (Å²) in [5.74, 6) is 5.19. The molecule has 0 fully saturated rings. The molecule has 0 nitrogen and oxygen atoms in total. The van der Waals surface area contributed by atoms with Crippen LogP contribution in [0, 0.1) is 11.8 Å². The van der Waals surface area contributed by atoms with Gasteiger partial charge in [-0.3, -0.25) is 0 Å². The third-order valence-electron chi connectivity index (χ3n) is 1.76. The van der Waals surface area contributed by atoms with Crippen molar-refractivity contribution in [3.05, 3.63) is 23.3 Å². The Balaban J connectivity index is 2.91. The maximum atomic E-state index is 12.2. The first-order valence-electron chi connectivity index (χ1n) is 4.00. The summed E-state index contributed by atoms with van der Waals surface area (Å²) in [6.07, 6.45) is -1.22. The van der Waals surface area contributed by atoms with Gasteiger partial charge in [-0.1, -0.05) is 30.9 Å². The highest BCUT2D eigenvalue weighted by Crippen LogP contribution is 2.28. The molecule has 13 heavy (non-hydrogen) atoms. The number of rotatable bonds is 1. The van der Waals surface area contributed by atoms with Crippen molar-refractivity contribution in [2.75, 3.05) is 0 Å². The lowest BCUT2D eigenvalue weighted by Gasteiger charge is -2.06. The molecule has 0 unspecified atom stereocenters. The molecule has 70 valence electrons.